The van der Waals surface area contributed by atoms with E-state index >= 15 is 0 Å². The molecular formula is C22H22FN3O4. The molecule has 0 aliphatic heterocycles. The van der Waals surface area contributed by atoms with Gasteiger partial charge in [0.25, 0.3) is 11.5 Å². The monoisotopic (exact) mass is 411 g/mol. The van der Waals surface area contributed by atoms with Crippen LogP contribution < -0.4 is 10.9 Å². The van der Waals surface area contributed by atoms with Crippen molar-refractivity contribution in [3.8, 4) is 0 Å². The highest BCUT2D eigenvalue weighted by Gasteiger charge is 2.29. The molecular weight excluding hydrogens is 389 g/mol. The van der Waals surface area contributed by atoms with Crippen molar-refractivity contribution in [2.45, 2.75) is 32.9 Å². The Kier molecular flexibility index (Phi) is 6.25. The lowest BCUT2D eigenvalue weighted by molar-refractivity contribution is -0.152. The van der Waals surface area contributed by atoms with Crippen LogP contribution in [-0.2, 0) is 9.53 Å². The number of hydrogen-bond acceptors (Lipinski definition) is 5. The fraction of sp³-hybridized carbons (Fsp3) is 0.273. The molecule has 2 N–H and O–H groups in total. The molecule has 0 fully saturated rings. The number of aromatic amines is 1. The van der Waals surface area contributed by atoms with Gasteiger partial charge in [0.05, 0.1) is 16.5 Å². The molecule has 156 valence electrons. The predicted octanol–water partition coefficient (Wildman–Crippen LogP) is 3.12. The zero-order valence-electron chi connectivity index (χ0n) is 16.8. The molecule has 0 aliphatic carbocycles. The molecule has 3 aromatic rings. The van der Waals surface area contributed by atoms with Gasteiger partial charge in [0.1, 0.15) is 11.9 Å². The first-order valence-corrected chi connectivity index (χ1v) is 9.52. The van der Waals surface area contributed by atoms with Crippen molar-refractivity contribution < 1.29 is 18.7 Å². The van der Waals surface area contributed by atoms with E-state index in [-0.39, 0.29) is 22.9 Å². The van der Waals surface area contributed by atoms with Gasteiger partial charge in [0.15, 0.2) is 11.9 Å². The molecule has 7 nitrogen and oxygen atoms in total. The van der Waals surface area contributed by atoms with Crippen LogP contribution in [0.25, 0.3) is 10.9 Å². The number of amides is 1. The average Bonchev–Trinajstić information content (AvgIpc) is 2.71. The molecule has 1 amide bonds. The zero-order valence-corrected chi connectivity index (χ0v) is 16.8. The van der Waals surface area contributed by atoms with Crippen molar-refractivity contribution in [1.29, 1.82) is 0 Å². The first kappa shape index (κ1) is 21.2. The van der Waals surface area contributed by atoms with Gasteiger partial charge in [-0.15, -0.1) is 0 Å². The van der Waals surface area contributed by atoms with E-state index in [0.29, 0.717) is 10.9 Å². The van der Waals surface area contributed by atoms with Crippen molar-refractivity contribution in [2.24, 2.45) is 5.92 Å². The molecule has 30 heavy (non-hydrogen) atoms. The highest BCUT2D eigenvalue weighted by Crippen LogP contribution is 2.17. The Morgan fingerprint density at radius 3 is 2.43 bits per heavy atom. The summed E-state index contributed by atoms with van der Waals surface area (Å²) < 4.78 is 19.3. The number of benzene rings is 2. The topological polar surface area (TPSA) is 101 Å². The maximum atomic E-state index is 13.9. The van der Waals surface area contributed by atoms with Gasteiger partial charge in [-0.1, -0.05) is 38.1 Å². The third-order valence-electron chi connectivity index (χ3n) is 4.63. The van der Waals surface area contributed by atoms with Gasteiger partial charge in [-0.3, -0.25) is 9.59 Å². The average molecular weight is 411 g/mol. The van der Waals surface area contributed by atoms with Crippen LogP contribution in [0, 0.1) is 11.7 Å². The molecule has 0 saturated carbocycles. The summed E-state index contributed by atoms with van der Waals surface area (Å²) in [5, 5.41) is 2.95. The molecule has 1 heterocycles. The van der Waals surface area contributed by atoms with Crippen molar-refractivity contribution in [3.63, 3.8) is 0 Å². The second-order valence-electron chi connectivity index (χ2n) is 7.22. The number of ether oxygens (including phenoxy) is 1. The maximum absolute atomic E-state index is 13.9. The van der Waals surface area contributed by atoms with Gasteiger partial charge in [-0.05, 0) is 37.1 Å². The maximum Gasteiger partial charge on any atom is 0.329 e. The van der Waals surface area contributed by atoms with Gasteiger partial charge in [-0.25, -0.2) is 14.2 Å². The number of H-pyrrole nitrogens is 1. The summed E-state index contributed by atoms with van der Waals surface area (Å²) in [6.45, 7) is 5.03. The molecule has 0 radical (unpaired) electrons. The minimum atomic E-state index is -1.01. The minimum Gasteiger partial charge on any atom is -0.453 e. The quantitative estimate of drug-likeness (QED) is 0.607. The first-order valence-electron chi connectivity index (χ1n) is 9.52. The van der Waals surface area contributed by atoms with Gasteiger partial charge < -0.3 is 15.0 Å². The minimum absolute atomic E-state index is 0.162. The molecule has 1 aromatic heterocycles. The van der Waals surface area contributed by atoms with E-state index in [1.54, 1.807) is 45.0 Å². The second-order valence-corrected chi connectivity index (χ2v) is 7.22. The van der Waals surface area contributed by atoms with Crippen molar-refractivity contribution >= 4 is 22.8 Å². The van der Waals surface area contributed by atoms with Crippen LogP contribution in [0.3, 0.4) is 0 Å². The van der Waals surface area contributed by atoms with E-state index in [1.807, 2.05) is 0 Å². The molecule has 0 spiro atoms. The molecule has 0 saturated heterocycles. The molecule has 0 bridgehead atoms. The largest absolute Gasteiger partial charge is 0.453 e. The summed E-state index contributed by atoms with van der Waals surface area (Å²) >= 11 is 0. The molecule has 8 heteroatoms. The van der Waals surface area contributed by atoms with Crippen LogP contribution in [0.4, 0.5) is 4.39 Å². The number of fused-ring (bicyclic) bond motifs is 1. The second kappa shape index (κ2) is 8.86. The number of hydrogen-bond donors (Lipinski definition) is 2. The van der Waals surface area contributed by atoms with E-state index in [1.165, 1.54) is 24.3 Å². The van der Waals surface area contributed by atoms with Crippen LogP contribution in [0.1, 0.15) is 43.1 Å². The number of nitrogens with zero attached hydrogens (tertiary/aromatic N) is 1. The number of halogens is 1. The third-order valence-corrected chi connectivity index (χ3v) is 4.63. The van der Waals surface area contributed by atoms with E-state index in [2.05, 4.69) is 15.3 Å². The van der Waals surface area contributed by atoms with E-state index in [9.17, 15) is 18.8 Å². The Labute approximate surface area is 172 Å². The highest BCUT2D eigenvalue weighted by atomic mass is 19.1. The normalized spacial score (nSPS) is 13.1. The lowest BCUT2D eigenvalue weighted by Crippen LogP contribution is -2.45. The summed E-state index contributed by atoms with van der Waals surface area (Å²) in [5.41, 5.74) is -0.0243. The first-order chi connectivity index (χ1) is 14.3. The molecule has 3 rings (SSSR count). The number of nitrogens with one attached hydrogen (secondary N) is 2. The fourth-order valence-electron chi connectivity index (χ4n) is 2.96. The number of carbonyl (C=O) groups is 2. The third kappa shape index (κ3) is 4.53. The Balaban J connectivity index is 1.77. The molecule has 2 aromatic carbocycles. The summed E-state index contributed by atoms with van der Waals surface area (Å²) in [6, 6.07) is 11.3. The van der Waals surface area contributed by atoms with E-state index < -0.39 is 29.8 Å². The van der Waals surface area contributed by atoms with Crippen molar-refractivity contribution in [3.05, 3.63) is 76.1 Å². The van der Waals surface area contributed by atoms with Crippen LogP contribution in [0.15, 0.2) is 53.3 Å². The van der Waals surface area contributed by atoms with Gasteiger partial charge in [0.2, 0.25) is 0 Å². The van der Waals surface area contributed by atoms with Gasteiger partial charge >= 0.3 is 5.97 Å². The number of aromatic nitrogens is 2. The van der Waals surface area contributed by atoms with Crippen LogP contribution in [0.5, 0.6) is 0 Å². The number of para-hydroxylation sites is 1. The van der Waals surface area contributed by atoms with E-state index in [0.717, 1.165) is 0 Å². The molecule has 2 atom stereocenters. The van der Waals surface area contributed by atoms with E-state index in [4.69, 9.17) is 4.74 Å². The Morgan fingerprint density at radius 2 is 1.73 bits per heavy atom. The fourth-order valence-corrected chi connectivity index (χ4v) is 2.96. The number of rotatable bonds is 6. The Morgan fingerprint density at radius 1 is 1.07 bits per heavy atom. The Bertz CT molecular complexity index is 1140. The number of esters is 1. The summed E-state index contributed by atoms with van der Waals surface area (Å²) in [4.78, 5) is 44.3. The van der Waals surface area contributed by atoms with Gasteiger partial charge in [-0.2, -0.15) is 0 Å². The standard InChI is InChI=1S/C22H22FN3O4/c1-12(2)18(25-20(27)14-8-4-6-10-16(14)23)22(29)30-13(3)19-24-17-11-7-5-9-15(17)21(28)26-19/h4-13,18H,1-3H3,(H,25,27)(H,24,26,28)/t13-,18+/m1/s1. The van der Waals surface area contributed by atoms with Crippen LogP contribution in [0.2, 0.25) is 0 Å². The summed E-state index contributed by atoms with van der Waals surface area (Å²) in [6.07, 6.45) is -0.860. The molecule has 0 unspecified atom stereocenters. The van der Waals surface area contributed by atoms with Crippen molar-refractivity contribution in [2.75, 3.05) is 0 Å². The Hall–Kier alpha value is -3.55. The zero-order chi connectivity index (χ0) is 21.8. The number of carbonyl (C=O) groups excluding carboxylic acids is 2. The molecule has 0 aliphatic rings. The highest BCUT2D eigenvalue weighted by molar-refractivity contribution is 5.97. The van der Waals surface area contributed by atoms with Gasteiger partial charge in [0, 0.05) is 0 Å². The smallest absolute Gasteiger partial charge is 0.329 e. The van der Waals surface area contributed by atoms with Crippen LogP contribution in [-0.4, -0.2) is 27.9 Å². The summed E-state index contributed by atoms with van der Waals surface area (Å²) in [7, 11) is 0. The lowest BCUT2D eigenvalue weighted by atomic mass is 10.0. The summed E-state index contributed by atoms with van der Waals surface area (Å²) in [5.74, 6) is -2.23. The van der Waals surface area contributed by atoms with Crippen molar-refractivity contribution in [1.82, 2.24) is 15.3 Å². The predicted molar refractivity (Wildman–Crippen MR) is 109 cm³/mol. The lowest BCUT2D eigenvalue weighted by Gasteiger charge is -2.23. The van der Waals surface area contributed by atoms with Crippen LogP contribution >= 0.6 is 0 Å². The SMILES string of the molecule is CC(C)[C@H](NC(=O)c1ccccc1F)C(=O)O[C@H](C)c1nc2ccccc2c(=O)[nH]1.